The smallest absolute Gasteiger partial charge is 0.151 e. The molecule has 0 radical (unpaired) electrons. The molecular formula is C10H15NO3S2. The number of Topliss-reactive ketones (excluding diaryl/α,β-unsaturated/α-hetero) is 1. The molecule has 0 fully saturated rings. The summed E-state index contributed by atoms with van der Waals surface area (Å²) in [5.41, 5.74) is 2.61. The zero-order chi connectivity index (χ0) is 12.2. The van der Waals surface area contributed by atoms with Crippen LogP contribution in [0.3, 0.4) is 0 Å². The molecule has 6 heteroatoms. The molecule has 16 heavy (non-hydrogen) atoms. The Kier molecular flexibility index (Phi) is 4.61. The van der Waals surface area contributed by atoms with Gasteiger partial charge in [-0.1, -0.05) is 0 Å². The Morgan fingerprint density at radius 2 is 2.12 bits per heavy atom. The van der Waals surface area contributed by atoms with Crippen molar-refractivity contribution in [1.29, 1.82) is 0 Å². The predicted molar refractivity (Wildman–Crippen MR) is 64.5 cm³/mol. The first kappa shape index (κ1) is 13.3. The second-order valence-corrected chi connectivity index (χ2v) is 6.96. The van der Waals surface area contributed by atoms with Gasteiger partial charge in [-0.2, -0.15) is 0 Å². The van der Waals surface area contributed by atoms with E-state index in [4.69, 9.17) is 0 Å². The third-order valence-corrected chi connectivity index (χ3v) is 4.90. The van der Waals surface area contributed by atoms with Crippen LogP contribution in [0.25, 0.3) is 0 Å². The molecular weight excluding hydrogens is 246 g/mol. The summed E-state index contributed by atoms with van der Waals surface area (Å²) < 4.78 is 23.1. The number of aromatic nitrogens is 1. The summed E-state index contributed by atoms with van der Waals surface area (Å²) in [7, 11) is -3.11. The Hall–Kier alpha value is -0.750. The van der Waals surface area contributed by atoms with Gasteiger partial charge in [0.25, 0.3) is 0 Å². The maximum atomic E-state index is 11.6. The summed E-state index contributed by atoms with van der Waals surface area (Å²) in [6.45, 7) is 3.27. The first-order chi connectivity index (χ1) is 7.41. The number of aryl methyl sites for hydroxylation is 2. The van der Waals surface area contributed by atoms with Crippen LogP contribution in [0.15, 0.2) is 5.51 Å². The van der Waals surface area contributed by atoms with Crippen LogP contribution < -0.4 is 0 Å². The lowest BCUT2D eigenvalue weighted by Gasteiger charge is -2.02. The highest BCUT2D eigenvalue weighted by molar-refractivity contribution is 7.91. The first-order valence-electron chi connectivity index (χ1n) is 4.99. The number of carbonyl (C=O) groups is 1. The molecule has 0 aliphatic carbocycles. The predicted octanol–water partition coefficient (Wildman–Crippen LogP) is 1.39. The molecule has 0 bridgehead atoms. The molecule has 4 nitrogen and oxygen atoms in total. The summed E-state index contributed by atoms with van der Waals surface area (Å²) in [6.07, 6.45) is 0.612. The Morgan fingerprint density at radius 1 is 1.44 bits per heavy atom. The van der Waals surface area contributed by atoms with Crippen molar-refractivity contribution in [3.63, 3.8) is 0 Å². The number of carbonyl (C=O) groups excluding carboxylic acids is 1. The third-order valence-electron chi connectivity index (χ3n) is 2.25. The van der Waals surface area contributed by atoms with Crippen LogP contribution in [0.2, 0.25) is 0 Å². The average molecular weight is 261 g/mol. The average Bonchev–Trinajstić information content (AvgIpc) is 2.59. The number of sulfone groups is 1. The monoisotopic (exact) mass is 261 g/mol. The van der Waals surface area contributed by atoms with E-state index in [1.807, 2.05) is 6.92 Å². The van der Waals surface area contributed by atoms with E-state index in [2.05, 4.69) is 4.98 Å². The van der Waals surface area contributed by atoms with Crippen molar-refractivity contribution in [1.82, 2.24) is 4.98 Å². The Labute approximate surface area is 99.6 Å². The van der Waals surface area contributed by atoms with Gasteiger partial charge < -0.3 is 0 Å². The number of rotatable bonds is 6. The number of nitrogens with zero attached hydrogens (tertiary/aromatic N) is 1. The van der Waals surface area contributed by atoms with Gasteiger partial charge in [-0.05, 0) is 20.3 Å². The van der Waals surface area contributed by atoms with Crippen LogP contribution in [-0.2, 0) is 21.1 Å². The minimum absolute atomic E-state index is 0.0415. The van der Waals surface area contributed by atoms with Gasteiger partial charge in [0.1, 0.15) is 5.78 Å². The molecule has 0 saturated heterocycles. The molecule has 0 aromatic carbocycles. The molecule has 0 aliphatic heterocycles. The lowest BCUT2D eigenvalue weighted by Crippen LogP contribution is -2.15. The minimum Gasteiger partial charge on any atom is -0.300 e. The van der Waals surface area contributed by atoms with Crippen LogP contribution in [0.1, 0.15) is 23.9 Å². The van der Waals surface area contributed by atoms with Crippen molar-refractivity contribution < 1.29 is 13.2 Å². The fraction of sp³-hybridized carbons (Fsp3) is 0.600. The van der Waals surface area contributed by atoms with Crippen LogP contribution in [-0.4, -0.2) is 30.7 Å². The van der Waals surface area contributed by atoms with Crippen LogP contribution in [0.5, 0.6) is 0 Å². The molecule has 1 aromatic heterocycles. The molecule has 0 unspecified atom stereocenters. The van der Waals surface area contributed by atoms with E-state index >= 15 is 0 Å². The van der Waals surface area contributed by atoms with Gasteiger partial charge in [0, 0.05) is 11.3 Å². The van der Waals surface area contributed by atoms with Gasteiger partial charge in [0.2, 0.25) is 0 Å². The van der Waals surface area contributed by atoms with Gasteiger partial charge in [0.05, 0.1) is 22.7 Å². The van der Waals surface area contributed by atoms with Gasteiger partial charge in [0.15, 0.2) is 9.84 Å². The van der Waals surface area contributed by atoms with Crippen molar-refractivity contribution in [2.24, 2.45) is 0 Å². The lowest BCUT2D eigenvalue weighted by molar-refractivity contribution is -0.116. The SMILES string of the molecule is CC(=O)CCS(=O)(=O)CCc1scnc1C. The normalized spacial score (nSPS) is 11.6. The van der Waals surface area contributed by atoms with E-state index < -0.39 is 9.84 Å². The molecule has 1 aromatic rings. The molecule has 90 valence electrons. The number of thiazole rings is 1. The topological polar surface area (TPSA) is 64.1 Å². The summed E-state index contributed by atoms with van der Waals surface area (Å²) in [6, 6.07) is 0. The number of hydrogen-bond donors (Lipinski definition) is 0. The largest absolute Gasteiger partial charge is 0.300 e. The Balaban J connectivity index is 2.48. The zero-order valence-electron chi connectivity index (χ0n) is 9.39. The Morgan fingerprint density at radius 3 is 2.62 bits per heavy atom. The van der Waals surface area contributed by atoms with Crippen molar-refractivity contribution in [2.75, 3.05) is 11.5 Å². The maximum absolute atomic E-state index is 11.6. The molecule has 1 heterocycles. The lowest BCUT2D eigenvalue weighted by atomic mass is 10.3. The summed E-state index contributed by atoms with van der Waals surface area (Å²) in [4.78, 5) is 15.8. The van der Waals surface area contributed by atoms with E-state index in [9.17, 15) is 13.2 Å². The van der Waals surface area contributed by atoms with Gasteiger partial charge in [-0.25, -0.2) is 13.4 Å². The zero-order valence-corrected chi connectivity index (χ0v) is 11.0. The highest BCUT2D eigenvalue weighted by atomic mass is 32.2. The summed E-state index contributed by atoms with van der Waals surface area (Å²) in [5.74, 6) is -0.0266. The molecule has 0 amide bonds. The second kappa shape index (κ2) is 5.54. The van der Waals surface area contributed by atoms with Crippen LogP contribution in [0.4, 0.5) is 0 Å². The quantitative estimate of drug-likeness (QED) is 0.776. The molecule has 0 N–H and O–H groups in total. The fourth-order valence-corrected chi connectivity index (χ4v) is 3.44. The van der Waals surface area contributed by atoms with E-state index in [0.717, 1.165) is 10.6 Å². The number of ketones is 1. The van der Waals surface area contributed by atoms with Crippen molar-refractivity contribution >= 4 is 27.0 Å². The minimum atomic E-state index is -3.11. The van der Waals surface area contributed by atoms with E-state index in [1.165, 1.54) is 18.3 Å². The van der Waals surface area contributed by atoms with Crippen molar-refractivity contribution in [3.8, 4) is 0 Å². The fourth-order valence-electron chi connectivity index (χ4n) is 1.22. The van der Waals surface area contributed by atoms with E-state index in [0.29, 0.717) is 6.42 Å². The number of hydrogen-bond acceptors (Lipinski definition) is 5. The van der Waals surface area contributed by atoms with Gasteiger partial charge >= 0.3 is 0 Å². The van der Waals surface area contributed by atoms with E-state index in [-0.39, 0.29) is 23.7 Å². The molecule has 0 spiro atoms. The van der Waals surface area contributed by atoms with Crippen LogP contribution in [0, 0.1) is 6.92 Å². The van der Waals surface area contributed by atoms with Gasteiger partial charge in [-0.3, -0.25) is 4.79 Å². The van der Waals surface area contributed by atoms with Crippen LogP contribution >= 0.6 is 11.3 Å². The summed E-state index contributed by atoms with van der Waals surface area (Å²) >= 11 is 1.47. The second-order valence-electron chi connectivity index (χ2n) is 3.71. The third kappa shape index (κ3) is 4.40. The molecule has 0 saturated carbocycles. The highest BCUT2D eigenvalue weighted by Gasteiger charge is 2.13. The van der Waals surface area contributed by atoms with Gasteiger partial charge in [-0.15, -0.1) is 11.3 Å². The standard InChI is InChI=1S/C10H15NO3S2/c1-8(12)3-5-16(13,14)6-4-10-9(2)11-7-15-10/h7H,3-6H2,1-2H3. The first-order valence-corrected chi connectivity index (χ1v) is 7.69. The van der Waals surface area contributed by atoms with E-state index in [1.54, 1.807) is 5.51 Å². The Bertz CT molecular complexity index is 462. The van der Waals surface area contributed by atoms with Crippen molar-refractivity contribution in [3.05, 3.63) is 16.1 Å². The summed E-state index contributed by atoms with van der Waals surface area (Å²) in [5, 5.41) is 0. The molecule has 1 rings (SSSR count). The highest BCUT2D eigenvalue weighted by Crippen LogP contribution is 2.13. The molecule has 0 aliphatic rings. The maximum Gasteiger partial charge on any atom is 0.151 e. The van der Waals surface area contributed by atoms with Crippen molar-refractivity contribution in [2.45, 2.75) is 26.7 Å². The molecule has 0 atom stereocenters.